The molecule has 0 saturated carbocycles. The van der Waals surface area contributed by atoms with Gasteiger partial charge in [-0.15, -0.1) is 0 Å². The second kappa shape index (κ2) is 23.8. The van der Waals surface area contributed by atoms with E-state index in [1.165, 1.54) is 53.5 Å². The number of rotatable bonds is 21. The standard InChI is InChI=1S/C24H36O12S3/c25-4-13-37-10-1-7-31-22(28)34-19-16-20(35-23(29)32-8-2-11-38-14-5-26)18-21(17-19)36-24(30)33-9-3-12-39-15-6-27/h16-18,25-27H,1-15H2. The van der Waals surface area contributed by atoms with E-state index in [0.717, 1.165) is 0 Å². The van der Waals surface area contributed by atoms with Gasteiger partial charge in [0.1, 0.15) is 17.2 Å². The zero-order valence-electron chi connectivity index (χ0n) is 21.6. The maximum absolute atomic E-state index is 12.1. The molecule has 0 aromatic heterocycles. The van der Waals surface area contributed by atoms with Crippen LogP contribution in [-0.2, 0) is 14.2 Å². The first kappa shape index (κ1) is 35.0. The molecule has 0 heterocycles. The number of hydrogen-bond donors (Lipinski definition) is 3. The smallest absolute Gasteiger partial charge is 0.434 e. The van der Waals surface area contributed by atoms with Crippen LogP contribution in [0.4, 0.5) is 14.4 Å². The first-order valence-electron chi connectivity index (χ1n) is 12.2. The maximum atomic E-state index is 12.1. The lowest BCUT2D eigenvalue weighted by Crippen LogP contribution is -2.15. The minimum absolute atomic E-state index is 0.0743. The minimum Gasteiger partial charge on any atom is -0.434 e. The van der Waals surface area contributed by atoms with Crippen molar-refractivity contribution in [3.8, 4) is 17.2 Å². The molecular weight excluding hydrogens is 576 g/mol. The molecule has 15 heteroatoms. The Labute approximate surface area is 240 Å². The Kier molecular flexibility index (Phi) is 21.4. The Bertz CT molecular complexity index is 710. The van der Waals surface area contributed by atoms with Crippen LogP contribution in [0.15, 0.2) is 18.2 Å². The van der Waals surface area contributed by atoms with Crippen LogP contribution in [0.2, 0.25) is 0 Å². The molecule has 0 amide bonds. The topological polar surface area (TPSA) is 167 Å². The summed E-state index contributed by atoms with van der Waals surface area (Å²) in [6.07, 6.45) is -1.33. The molecule has 3 N–H and O–H groups in total. The lowest BCUT2D eigenvalue weighted by Gasteiger charge is -2.11. The van der Waals surface area contributed by atoms with E-state index in [1.807, 2.05) is 0 Å². The zero-order chi connectivity index (χ0) is 28.6. The molecule has 222 valence electrons. The highest BCUT2D eigenvalue weighted by molar-refractivity contribution is 7.99. The fourth-order valence-electron chi connectivity index (χ4n) is 2.55. The van der Waals surface area contributed by atoms with Gasteiger partial charge in [-0.2, -0.15) is 35.3 Å². The first-order chi connectivity index (χ1) is 19.0. The van der Waals surface area contributed by atoms with Crippen molar-refractivity contribution in [1.29, 1.82) is 0 Å². The number of ether oxygens (including phenoxy) is 6. The van der Waals surface area contributed by atoms with Crippen LogP contribution in [0.5, 0.6) is 17.2 Å². The average molecular weight is 613 g/mol. The second-order valence-corrected chi connectivity index (χ2v) is 11.0. The zero-order valence-corrected chi connectivity index (χ0v) is 24.0. The molecule has 1 aromatic carbocycles. The molecule has 39 heavy (non-hydrogen) atoms. The molecule has 0 unspecified atom stereocenters. The third-order valence-electron chi connectivity index (χ3n) is 4.12. The molecular formula is C24H36O12S3. The predicted molar refractivity (Wildman–Crippen MR) is 149 cm³/mol. The summed E-state index contributed by atoms with van der Waals surface area (Å²) in [6, 6.07) is 3.69. The van der Waals surface area contributed by atoms with Gasteiger partial charge < -0.3 is 43.7 Å². The molecule has 0 aliphatic heterocycles. The second-order valence-electron chi connectivity index (χ2n) is 7.31. The summed E-state index contributed by atoms with van der Waals surface area (Å²) < 4.78 is 30.5. The lowest BCUT2D eigenvalue weighted by molar-refractivity contribution is 0.0966. The summed E-state index contributed by atoms with van der Waals surface area (Å²) >= 11 is 4.56. The number of carbonyl (C=O) groups excluding carboxylic acids is 3. The molecule has 0 fully saturated rings. The third-order valence-corrected chi connectivity index (χ3v) is 7.27. The van der Waals surface area contributed by atoms with Crippen molar-refractivity contribution < 1.29 is 58.1 Å². The van der Waals surface area contributed by atoms with Crippen molar-refractivity contribution in [1.82, 2.24) is 0 Å². The monoisotopic (exact) mass is 612 g/mol. The molecule has 12 nitrogen and oxygen atoms in total. The van der Waals surface area contributed by atoms with Crippen LogP contribution in [-0.4, -0.2) is 108 Å². The molecule has 1 rings (SSSR count). The van der Waals surface area contributed by atoms with E-state index < -0.39 is 18.5 Å². The summed E-state index contributed by atoms with van der Waals surface area (Å²) in [5.74, 6) is 3.54. The molecule has 0 atom stereocenters. The quantitative estimate of drug-likeness (QED) is 0.0797. The fourth-order valence-corrected chi connectivity index (χ4v) is 4.51. The van der Waals surface area contributed by atoms with Crippen molar-refractivity contribution in [2.24, 2.45) is 0 Å². The van der Waals surface area contributed by atoms with E-state index in [2.05, 4.69) is 0 Å². The predicted octanol–water partition coefficient (Wildman–Crippen LogP) is 3.58. The molecule has 0 saturated heterocycles. The number of aliphatic hydroxyl groups excluding tert-OH is 3. The van der Waals surface area contributed by atoms with E-state index in [9.17, 15) is 14.4 Å². The van der Waals surface area contributed by atoms with Crippen molar-refractivity contribution in [2.75, 3.05) is 74.2 Å². The van der Waals surface area contributed by atoms with Crippen LogP contribution in [0.3, 0.4) is 0 Å². The van der Waals surface area contributed by atoms with Gasteiger partial charge in [0.05, 0.1) is 39.6 Å². The third kappa shape index (κ3) is 19.6. The van der Waals surface area contributed by atoms with Crippen LogP contribution in [0.25, 0.3) is 0 Å². The van der Waals surface area contributed by atoms with Crippen molar-refractivity contribution >= 4 is 53.8 Å². The lowest BCUT2D eigenvalue weighted by atomic mass is 10.3. The highest BCUT2D eigenvalue weighted by Gasteiger charge is 2.15. The Hall–Kier alpha value is -2.04. The Morgan fingerprint density at radius 1 is 0.513 bits per heavy atom. The van der Waals surface area contributed by atoms with Gasteiger partial charge in [0.15, 0.2) is 0 Å². The molecule has 0 spiro atoms. The Morgan fingerprint density at radius 2 is 0.795 bits per heavy atom. The van der Waals surface area contributed by atoms with Gasteiger partial charge in [0, 0.05) is 35.5 Å². The number of hydrogen-bond acceptors (Lipinski definition) is 15. The van der Waals surface area contributed by atoms with E-state index in [-0.39, 0.29) is 56.9 Å². The van der Waals surface area contributed by atoms with Gasteiger partial charge in [0.25, 0.3) is 0 Å². The maximum Gasteiger partial charge on any atom is 0.513 e. The van der Waals surface area contributed by atoms with Gasteiger partial charge in [-0.25, -0.2) is 14.4 Å². The summed E-state index contributed by atoms with van der Waals surface area (Å²) in [7, 11) is 0. The van der Waals surface area contributed by atoms with Gasteiger partial charge >= 0.3 is 18.5 Å². The number of thioether (sulfide) groups is 3. The van der Waals surface area contributed by atoms with Crippen LogP contribution < -0.4 is 14.2 Å². The minimum atomic E-state index is -1.00. The highest BCUT2D eigenvalue weighted by atomic mass is 32.2. The van der Waals surface area contributed by atoms with Crippen LogP contribution >= 0.6 is 35.3 Å². The van der Waals surface area contributed by atoms with Crippen molar-refractivity contribution in [3.63, 3.8) is 0 Å². The number of carbonyl (C=O) groups is 3. The number of benzene rings is 1. The normalized spacial score (nSPS) is 10.5. The van der Waals surface area contributed by atoms with Crippen molar-refractivity contribution in [3.05, 3.63) is 18.2 Å². The SMILES string of the molecule is O=C(OCCCSCCO)Oc1cc(OC(=O)OCCCSCCO)cc(OC(=O)OCCCSCCO)c1. The molecule has 0 bridgehead atoms. The fraction of sp³-hybridized carbons (Fsp3) is 0.625. The van der Waals surface area contributed by atoms with Crippen LogP contribution in [0, 0.1) is 0 Å². The summed E-state index contributed by atoms with van der Waals surface area (Å²) in [5.41, 5.74) is 0. The molecule has 0 aliphatic rings. The molecule has 0 aliphatic carbocycles. The van der Waals surface area contributed by atoms with Crippen LogP contribution in [0.1, 0.15) is 19.3 Å². The molecule has 0 radical (unpaired) electrons. The summed E-state index contributed by atoms with van der Waals surface area (Å²) in [4.78, 5) is 36.2. The van der Waals surface area contributed by atoms with E-state index in [1.54, 1.807) is 0 Å². The van der Waals surface area contributed by atoms with Gasteiger partial charge in [-0.1, -0.05) is 0 Å². The van der Waals surface area contributed by atoms with Gasteiger partial charge in [-0.05, 0) is 36.5 Å². The van der Waals surface area contributed by atoms with E-state index in [4.69, 9.17) is 43.7 Å². The Balaban J connectivity index is 2.68. The first-order valence-corrected chi connectivity index (χ1v) is 15.7. The average Bonchev–Trinajstić information content (AvgIpc) is 2.90. The number of aliphatic hydroxyl groups is 3. The Morgan fingerprint density at radius 3 is 1.05 bits per heavy atom. The highest BCUT2D eigenvalue weighted by Crippen LogP contribution is 2.29. The largest absolute Gasteiger partial charge is 0.513 e. The molecule has 1 aromatic rings. The van der Waals surface area contributed by atoms with Gasteiger partial charge in [0.2, 0.25) is 0 Å². The van der Waals surface area contributed by atoms with E-state index in [0.29, 0.717) is 53.8 Å². The van der Waals surface area contributed by atoms with Crippen molar-refractivity contribution in [2.45, 2.75) is 19.3 Å². The summed E-state index contributed by atoms with van der Waals surface area (Å²) in [5, 5.41) is 26.3. The van der Waals surface area contributed by atoms with E-state index >= 15 is 0 Å². The summed E-state index contributed by atoms with van der Waals surface area (Å²) in [6.45, 7) is 0.522. The van der Waals surface area contributed by atoms with Gasteiger partial charge in [-0.3, -0.25) is 0 Å².